The minimum absolute atomic E-state index is 0.0394. The van der Waals surface area contributed by atoms with Crippen molar-refractivity contribution in [2.45, 2.75) is 72.0 Å². The molecule has 1 atom stereocenters. The van der Waals surface area contributed by atoms with Crippen LogP contribution in [0.15, 0.2) is 54.6 Å². The largest absolute Gasteiger partial charge is 0.418 e. The molecule has 192 valence electrons. The number of aryl methyl sites for hydroxylation is 1. The molecule has 0 saturated heterocycles. The van der Waals surface area contributed by atoms with Crippen molar-refractivity contribution in [2.75, 3.05) is 0 Å². The maximum Gasteiger partial charge on any atom is 0.418 e. The lowest BCUT2D eigenvalue weighted by atomic mass is 9.89. The molecule has 0 aliphatic heterocycles. The van der Waals surface area contributed by atoms with E-state index in [2.05, 4.69) is 4.98 Å². The lowest BCUT2D eigenvalue weighted by molar-refractivity contribution is -0.136. The molecule has 3 nitrogen and oxygen atoms in total. The Morgan fingerprint density at radius 2 is 1.78 bits per heavy atom. The number of ketones is 1. The summed E-state index contributed by atoms with van der Waals surface area (Å²) < 4.78 is 57.1. The molecule has 0 spiro atoms. The van der Waals surface area contributed by atoms with E-state index in [1.54, 1.807) is 61.8 Å². The van der Waals surface area contributed by atoms with Crippen molar-refractivity contribution in [1.29, 1.82) is 0 Å². The number of rotatable bonds is 10. The molecule has 3 rings (SSSR count). The Morgan fingerprint density at radius 1 is 1.08 bits per heavy atom. The molecular formula is C29H32F4N2O. The third-order valence-corrected chi connectivity index (χ3v) is 6.41. The molecule has 7 heteroatoms. The summed E-state index contributed by atoms with van der Waals surface area (Å²) in [6.45, 7) is 7.71. The van der Waals surface area contributed by atoms with Gasteiger partial charge in [0, 0.05) is 13.0 Å². The van der Waals surface area contributed by atoms with Gasteiger partial charge in [-0.1, -0.05) is 43.7 Å². The van der Waals surface area contributed by atoms with Gasteiger partial charge in [-0.2, -0.15) is 13.2 Å². The Balaban J connectivity index is 2.03. The predicted molar refractivity (Wildman–Crippen MR) is 136 cm³/mol. The van der Waals surface area contributed by atoms with Crippen LogP contribution in [0.3, 0.4) is 0 Å². The number of aromatic nitrogens is 2. The number of benzene rings is 2. The van der Waals surface area contributed by atoms with Gasteiger partial charge < -0.3 is 4.57 Å². The Bertz CT molecular complexity index is 1270. The van der Waals surface area contributed by atoms with Crippen LogP contribution in [-0.4, -0.2) is 15.3 Å². The molecule has 0 aliphatic rings. The van der Waals surface area contributed by atoms with Crippen LogP contribution < -0.4 is 0 Å². The number of halogens is 4. The smallest absolute Gasteiger partial charge is 0.322 e. The molecule has 0 saturated carbocycles. The Kier molecular flexibility index (Phi) is 8.88. The first-order valence-corrected chi connectivity index (χ1v) is 12.3. The zero-order valence-electron chi connectivity index (χ0n) is 21.1. The summed E-state index contributed by atoms with van der Waals surface area (Å²) in [7, 11) is 0. The first-order chi connectivity index (χ1) is 17.1. The zero-order chi connectivity index (χ0) is 26.5. The minimum Gasteiger partial charge on any atom is -0.322 e. The molecule has 0 fully saturated rings. The van der Waals surface area contributed by atoms with Crippen LogP contribution in [0.5, 0.6) is 0 Å². The maximum atomic E-state index is 14.1. The molecule has 0 aliphatic carbocycles. The Labute approximate surface area is 209 Å². The summed E-state index contributed by atoms with van der Waals surface area (Å²) in [5.74, 6) is -0.533. The SMILES string of the molecule is C/C=C\C(=C/C)c1cc(C(F)(F)F)c2nc(C(=O)CCC(CCC)c3ccc(F)cc3)n(CC)c2c1. The van der Waals surface area contributed by atoms with Crippen molar-refractivity contribution in [2.24, 2.45) is 0 Å². The first kappa shape index (κ1) is 27.4. The van der Waals surface area contributed by atoms with Gasteiger partial charge in [-0.25, -0.2) is 9.37 Å². The highest BCUT2D eigenvalue weighted by atomic mass is 19.4. The van der Waals surface area contributed by atoms with Crippen molar-refractivity contribution < 1.29 is 22.4 Å². The quantitative estimate of drug-likeness (QED) is 0.158. The Hall–Kier alpha value is -3.22. The molecule has 1 aromatic heterocycles. The van der Waals surface area contributed by atoms with Crippen molar-refractivity contribution in [3.05, 3.63) is 83.0 Å². The van der Waals surface area contributed by atoms with Crippen LogP contribution in [0.25, 0.3) is 16.6 Å². The number of imidazole rings is 1. The summed E-state index contributed by atoms with van der Waals surface area (Å²) >= 11 is 0. The van der Waals surface area contributed by atoms with Crippen molar-refractivity contribution >= 4 is 22.4 Å². The van der Waals surface area contributed by atoms with E-state index in [9.17, 15) is 22.4 Å². The number of hydrogen-bond acceptors (Lipinski definition) is 2. The van der Waals surface area contributed by atoms with Crippen molar-refractivity contribution in [3.8, 4) is 0 Å². The molecule has 1 unspecified atom stereocenters. The van der Waals surface area contributed by atoms with Crippen LogP contribution in [0.2, 0.25) is 0 Å². The molecule has 3 aromatic rings. The summed E-state index contributed by atoms with van der Waals surface area (Å²) in [5.41, 5.74) is 1.25. The summed E-state index contributed by atoms with van der Waals surface area (Å²) in [5, 5.41) is 0. The van der Waals surface area contributed by atoms with E-state index in [0.29, 0.717) is 24.1 Å². The number of fused-ring (bicyclic) bond motifs is 1. The fourth-order valence-corrected chi connectivity index (χ4v) is 4.66. The van der Waals surface area contributed by atoms with Crippen molar-refractivity contribution in [1.82, 2.24) is 9.55 Å². The second-order valence-electron chi connectivity index (χ2n) is 8.81. The number of carbonyl (C=O) groups is 1. The van der Waals surface area contributed by atoms with E-state index in [4.69, 9.17) is 0 Å². The van der Waals surface area contributed by atoms with E-state index in [-0.39, 0.29) is 40.8 Å². The predicted octanol–water partition coefficient (Wildman–Crippen LogP) is 8.74. The van der Waals surface area contributed by atoms with Crippen LogP contribution in [0, 0.1) is 5.82 Å². The van der Waals surface area contributed by atoms with E-state index in [1.165, 1.54) is 12.1 Å². The number of nitrogens with zero attached hydrogens (tertiary/aromatic N) is 2. The zero-order valence-corrected chi connectivity index (χ0v) is 21.1. The molecule has 36 heavy (non-hydrogen) atoms. The van der Waals surface area contributed by atoms with Crippen LogP contribution in [-0.2, 0) is 12.7 Å². The van der Waals surface area contributed by atoms with Gasteiger partial charge >= 0.3 is 6.18 Å². The highest BCUT2D eigenvalue weighted by Gasteiger charge is 2.36. The van der Waals surface area contributed by atoms with E-state index >= 15 is 0 Å². The fourth-order valence-electron chi connectivity index (χ4n) is 4.66. The van der Waals surface area contributed by atoms with Crippen LogP contribution in [0.1, 0.15) is 86.6 Å². The molecule has 0 radical (unpaired) electrons. The van der Waals surface area contributed by atoms with Gasteiger partial charge in [0.05, 0.1) is 11.1 Å². The number of carbonyl (C=O) groups excluding carboxylic acids is 1. The van der Waals surface area contributed by atoms with Crippen LogP contribution >= 0.6 is 0 Å². The van der Waals surface area contributed by atoms with Gasteiger partial charge in [0.1, 0.15) is 11.3 Å². The van der Waals surface area contributed by atoms with Crippen molar-refractivity contribution in [3.63, 3.8) is 0 Å². The normalized spacial score (nSPS) is 13.6. The lowest BCUT2D eigenvalue weighted by Gasteiger charge is -2.16. The molecule has 1 heterocycles. The summed E-state index contributed by atoms with van der Waals surface area (Å²) in [6.07, 6.45) is 3.01. The van der Waals surface area contributed by atoms with Gasteiger partial charge in [0.2, 0.25) is 0 Å². The van der Waals surface area contributed by atoms with Gasteiger partial charge in [-0.3, -0.25) is 4.79 Å². The molecule has 0 amide bonds. The third-order valence-electron chi connectivity index (χ3n) is 6.41. The number of hydrogen-bond donors (Lipinski definition) is 0. The highest BCUT2D eigenvalue weighted by molar-refractivity contribution is 5.98. The second kappa shape index (κ2) is 11.7. The third kappa shape index (κ3) is 5.94. The fraction of sp³-hybridized carbons (Fsp3) is 0.379. The second-order valence-corrected chi connectivity index (χ2v) is 8.81. The molecule has 0 bridgehead atoms. The Morgan fingerprint density at radius 3 is 2.33 bits per heavy atom. The molecule has 2 aromatic carbocycles. The van der Waals surface area contributed by atoms with Gasteiger partial charge in [-0.15, -0.1) is 0 Å². The molecule has 0 N–H and O–H groups in total. The first-order valence-electron chi connectivity index (χ1n) is 12.3. The summed E-state index contributed by atoms with van der Waals surface area (Å²) in [6, 6.07) is 9.03. The number of allylic oxidation sites excluding steroid dienone is 4. The topological polar surface area (TPSA) is 34.9 Å². The molecular weight excluding hydrogens is 468 g/mol. The average molecular weight is 501 g/mol. The van der Waals surface area contributed by atoms with E-state index in [1.807, 2.05) is 6.92 Å². The van der Waals surface area contributed by atoms with Gasteiger partial charge in [-0.05, 0) is 80.5 Å². The summed E-state index contributed by atoms with van der Waals surface area (Å²) in [4.78, 5) is 17.5. The highest BCUT2D eigenvalue weighted by Crippen LogP contribution is 2.38. The van der Waals surface area contributed by atoms with Gasteiger partial charge in [0.15, 0.2) is 11.6 Å². The number of Topliss-reactive ketones (excluding diaryl/α,β-unsaturated/α-hetero) is 1. The van der Waals surface area contributed by atoms with E-state index < -0.39 is 11.7 Å². The average Bonchev–Trinajstić information content (AvgIpc) is 3.22. The van der Waals surface area contributed by atoms with E-state index in [0.717, 1.165) is 24.5 Å². The van der Waals surface area contributed by atoms with Gasteiger partial charge in [0.25, 0.3) is 0 Å². The standard InChI is InChI=1S/C29H32F4N2O/c1-5-9-19(7-3)22-17-24(29(31,32)33)27-25(18-22)35(8-4)28(34-27)26(36)16-13-20(10-6-2)21-11-14-23(30)15-12-21/h5,7,9,11-12,14-15,17-18,20H,6,8,10,13,16H2,1-4H3/b9-5-,19-7+. The number of alkyl halides is 3. The minimum atomic E-state index is -4.62. The van der Waals surface area contributed by atoms with Crippen LogP contribution in [0.4, 0.5) is 17.6 Å². The maximum absolute atomic E-state index is 14.1. The lowest BCUT2D eigenvalue weighted by Crippen LogP contribution is -2.11. The monoisotopic (exact) mass is 500 g/mol.